The molecule has 0 N–H and O–H groups in total. The van der Waals surface area contributed by atoms with E-state index in [1.807, 2.05) is 30.9 Å². The minimum absolute atomic E-state index is 0.798. The molecule has 289 valence electrons. The molecule has 1 aliphatic rings. The van der Waals surface area contributed by atoms with Crippen LogP contribution in [0.15, 0.2) is 216 Å². The summed E-state index contributed by atoms with van der Waals surface area (Å²) >= 11 is 1.83. The van der Waals surface area contributed by atoms with E-state index >= 15 is 0 Å². The van der Waals surface area contributed by atoms with Gasteiger partial charge in [0.15, 0.2) is 0 Å². The quantitative estimate of drug-likeness (QED) is 0.0955. The fourth-order valence-corrected chi connectivity index (χ4v) is 13.9. The molecule has 0 radical (unpaired) electrons. The predicted molar refractivity (Wildman–Crippen MR) is 248 cm³/mol. The molecular weight excluding hydrogens is 912 g/mol. The maximum atomic E-state index is 4.78. The van der Waals surface area contributed by atoms with Gasteiger partial charge in [-0.3, -0.25) is 0 Å². The normalized spacial score (nSPS) is 14.9. The first-order valence-electron chi connectivity index (χ1n) is 20.2. The van der Waals surface area contributed by atoms with Crippen LogP contribution < -0.4 is 15.9 Å². The molecule has 1 aromatic heterocycles. The van der Waals surface area contributed by atoms with Crippen molar-refractivity contribution in [1.29, 1.82) is 0 Å². The second-order valence-corrected chi connectivity index (χ2v) is 18.5. The zero-order valence-electron chi connectivity index (χ0n) is 33.4. The fraction of sp³-hybridized carbons (Fsp3) is 0.0926. The van der Waals surface area contributed by atoms with Crippen LogP contribution in [0, 0.1) is 4.37 Å². The van der Waals surface area contributed by atoms with E-state index in [2.05, 4.69) is 216 Å². The molecule has 6 aromatic carbocycles. The van der Waals surface area contributed by atoms with Crippen LogP contribution in [0.4, 0.5) is 0 Å². The average molecular weight is 958 g/mol. The number of rotatable bonds is 11. The summed E-state index contributed by atoms with van der Waals surface area (Å²) < 4.78 is 6.04. The monoisotopic (exact) mass is 959 g/mol. The van der Waals surface area contributed by atoms with Gasteiger partial charge in [-0.25, -0.2) is 0 Å². The molecule has 0 saturated heterocycles. The molecule has 1 saturated carbocycles. The summed E-state index contributed by atoms with van der Waals surface area (Å²) in [7, 11) is -2.40. The van der Waals surface area contributed by atoms with Crippen LogP contribution in [0.1, 0.15) is 44.2 Å². The van der Waals surface area contributed by atoms with Crippen molar-refractivity contribution in [3.63, 3.8) is 0 Å². The molecule has 5 heteroatoms. The third-order valence-electron chi connectivity index (χ3n) is 10.9. The summed E-state index contributed by atoms with van der Waals surface area (Å²) in [6.45, 7) is 4.21. The third-order valence-corrected chi connectivity index (χ3v) is 16.3. The number of aromatic nitrogens is 3. The maximum absolute atomic E-state index is 4.78. The Bertz CT molecular complexity index is 2620. The van der Waals surface area contributed by atoms with E-state index < -0.39 is 7.26 Å². The predicted octanol–water partition coefficient (Wildman–Crippen LogP) is 12.5. The van der Waals surface area contributed by atoms with Gasteiger partial charge in [0.1, 0.15) is 0 Å². The minimum atomic E-state index is -2.40. The summed E-state index contributed by atoms with van der Waals surface area (Å²) in [5, 5.41) is 14.7. The van der Waals surface area contributed by atoms with Gasteiger partial charge in [-0.05, 0) is 24.6 Å². The molecule has 0 bridgehead atoms. The van der Waals surface area contributed by atoms with Crippen LogP contribution >= 0.6 is 7.26 Å². The van der Waals surface area contributed by atoms with Crippen LogP contribution in [0.5, 0.6) is 0 Å². The van der Waals surface area contributed by atoms with Gasteiger partial charge < -0.3 is 0 Å². The van der Waals surface area contributed by atoms with Crippen LogP contribution in [0.2, 0.25) is 0 Å². The number of allylic oxidation sites excluding steroid dienone is 8. The Labute approximate surface area is 359 Å². The zero-order valence-corrected chi connectivity index (χ0v) is 36.8. The zero-order chi connectivity index (χ0) is 40.4. The Balaban J connectivity index is 1.27. The van der Waals surface area contributed by atoms with Gasteiger partial charge in [-0.15, -0.1) is 0 Å². The van der Waals surface area contributed by atoms with Crippen LogP contribution in [0.25, 0.3) is 40.6 Å². The number of benzene rings is 6. The van der Waals surface area contributed by atoms with E-state index in [0.717, 1.165) is 52.4 Å². The summed E-state index contributed by atoms with van der Waals surface area (Å²) in [4.78, 5) is 0. The van der Waals surface area contributed by atoms with E-state index in [1.165, 1.54) is 44.4 Å². The number of para-hydroxylation sites is 1. The molecular formula is C54H46N3OsP+. The topological polar surface area (TPSA) is 30.7 Å². The number of hydrogen-bond donors (Lipinski definition) is 0. The molecule has 8 rings (SSSR count). The molecule has 3 nitrogen and oxygen atoms in total. The molecule has 0 aliphatic heterocycles. The van der Waals surface area contributed by atoms with Gasteiger partial charge in [-0.1, -0.05) is 54.6 Å². The molecule has 7 aromatic rings. The second-order valence-electron chi connectivity index (χ2n) is 14.5. The third kappa shape index (κ3) is 8.32. The first-order valence-corrected chi connectivity index (χ1v) is 23.2. The van der Waals surface area contributed by atoms with Gasteiger partial charge in [0, 0.05) is 5.56 Å². The van der Waals surface area contributed by atoms with Crippen molar-refractivity contribution in [1.82, 2.24) is 14.8 Å². The van der Waals surface area contributed by atoms with Crippen molar-refractivity contribution in [3.05, 3.63) is 227 Å². The molecule has 0 spiro atoms. The average Bonchev–Trinajstić information content (AvgIpc) is 3.96. The van der Waals surface area contributed by atoms with Crippen molar-refractivity contribution in [3.8, 4) is 32.8 Å². The Morgan fingerprint density at radius 2 is 1.03 bits per heavy atom. The molecule has 0 amide bonds. The van der Waals surface area contributed by atoms with Crippen molar-refractivity contribution in [2.24, 2.45) is 0 Å². The van der Waals surface area contributed by atoms with Crippen LogP contribution in [-0.4, -0.2) is 14.8 Å². The van der Waals surface area contributed by atoms with Gasteiger partial charge in [-0.2, -0.15) is 0 Å². The van der Waals surface area contributed by atoms with Gasteiger partial charge in [0.25, 0.3) is 0 Å². The molecule has 1 aliphatic carbocycles. The first-order chi connectivity index (χ1) is 29.1. The summed E-state index contributed by atoms with van der Waals surface area (Å²) in [6.07, 6.45) is 16.9. The Hall–Kier alpha value is -5.99. The SMILES string of the molecule is CC=C1CCCC1=CC(/C=C/c1ccc(-c2nnc(-c3ccc(/C=C/C)cc3)n2-c2ccccc2)cc1)=C([C]#[Os])[P+](c1ccccc1)(c1ccccc1)c1ccccc1. The van der Waals surface area contributed by atoms with E-state index in [4.69, 9.17) is 10.2 Å². The van der Waals surface area contributed by atoms with Gasteiger partial charge in [0.05, 0.1) is 0 Å². The Morgan fingerprint density at radius 3 is 1.49 bits per heavy atom. The van der Waals surface area contributed by atoms with E-state index in [1.54, 1.807) is 0 Å². The van der Waals surface area contributed by atoms with E-state index in [-0.39, 0.29) is 0 Å². The van der Waals surface area contributed by atoms with Gasteiger partial charge >= 0.3 is 277 Å². The van der Waals surface area contributed by atoms with E-state index in [0.29, 0.717) is 0 Å². The van der Waals surface area contributed by atoms with Crippen molar-refractivity contribution >= 4 is 35.3 Å². The van der Waals surface area contributed by atoms with Gasteiger partial charge in [0.2, 0.25) is 0 Å². The first kappa shape index (κ1) is 39.8. The molecule has 59 heavy (non-hydrogen) atoms. The molecule has 1 heterocycles. The number of nitrogens with zero attached hydrogens (tertiary/aromatic N) is 3. The molecule has 0 atom stereocenters. The standard InChI is InChI=1S/C54H46N3P.Os/c1-4-19-42-30-35-45(36-31-42)53-55-56-54(57(53)49-22-10-6-11-23-49)46-37-32-43(33-38-46)34-39-47(40-48-21-18-20-44(48)5-2)41(3)58(50-24-12-7-13-25-50,51-26-14-8-15-27-51)52-28-16-9-17-29-52;/h4-17,19,22-40H,18,20-21H2,1-2H3;/q+1;/b19-4+,39-34+,44-5?,47-41?,48-40?;. The van der Waals surface area contributed by atoms with Crippen molar-refractivity contribution in [2.45, 2.75) is 33.1 Å². The fourth-order valence-electron chi connectivity index (χ4n) is 8.11. The van der Waals surface area contributed by atoms with Crippen LogP contribution in [0.3, 0.4) is 0 Å². The Morgan fingerprint density at radius 1 is 0.576 bits per heavy atom. The Kier molecular flexibility index (Phi) is 12.6. The summed E-state index contributed by atoms with van der Waals surface area (Å²) in [5.41, 5.74) is 9.33. The second kappa shape index (κ2) is 18.7. The molecule has 0 unspecified atom stereocenters. The summed E-state index contributed by atoms with van der Waals surface area (Å²) in [6, 6.07) is 60.8. The van der Waals surface area contributed by atoms with Crippen molar-refractivity contribution in [2.75, 3.05) is 0 Å². The molecule has 1 fully saturated rings. The van der Waals surface area contributed by atoms with Crippen molar-refractivity contribution < 1.29 is 17.9 Å². The van der Waals surface area contributed by atoms with Crippen LogP contribution in [-0.2, 0) is 17.9 Å². The van der Waals surface area contributed by atoms with E-state index in [9.17, 15) is 0 Å². The number of hydrogen-bond acceptors (Lipinski definition) is 2. The summed E-state index contributed by atoms with van der Waals surface area (Å²) in [5.74, 6) is 1.60.